The van der Waals surface area contributed by atoms with E-state index in [0.29, 0.717) is 22.8 Å². The zero-order valence-corrected chi connectivity index (χ0v) is 16.1. The Bertz CT molecular complexity index is 551. The number of hydrogen-bond acceptors (Lipinski definition) is 2. The number of aromatic amines is 1. The molecule has 22 heavy (non-hydrogen) atoms. The van der Waals surface area contributed by atoms with Gasteiger partial charge >= 0.3 is 51.4 Å². The molecule has 0 radical (unpaired) electrons. The molecule has 2 atom stereocenters. The number of aliphatic imine (C=N–C) groups is 1. The van der Waals surface area contributed by atoms with Gasteiger partial charge in [-0.15, -0.1) is 0 Å². The van der Waals surface area contributed by atoms with Crippen LogP contribution in [-0.4, -0.2) is 42.9 Å². The molecule has 1 saturated heterocycles. The van der Waals surface area contributed by atoms with Crippen LogP contribution >= 0.6 is 0 Å². The molecule has 0 bridgehead atoms. The van der Waals surface area contributed by atoms with Gasteiger partial charge in [0.1, 0.15) is 5.84 Å². The maximum atomic E-state index is 13.4. The van der Waals surface area contributed by atoms with Gasteiger partial charge in [0.05, 0.1) is 12.0 Å². The summed E-state index contributed by atoms with van der Waals surface area (Å²) in [6.07, 6.45) is 3.48. The molecular formula is C14H20F2KN5. The SMILES string of the molecule is C[N-]c1[nH]cc(C2CC2(F)F)c1C(N)=NC1CCCNC1.[K+]. The van der Waals surface area contributed by atoms with Gasteiger partial charge < -0.3 is 21.4 Å². The first-order chi connectivity index (χ1) is 10.0. The molecule has 116 valence electrons. The third-order valence-electron chi connectivity index (χ3n) is 4.16. The summed E-state index contributed by atoms with van der Waals surface area (Å²) in [5, 5.41) is 7.35. The first-order valence-corrected chi connectivity index (χ1v) is 7.26. The topological polar surface area (TPSA) is 80.3 Å². The number of piperidine rings is 1. The van der Waals surface area contributed by atoms with Crippen LogP contribution in [0.3, 0.4) is 0 Å². The Labute approximate surface area is 171 Å². The quantitative estimate of drug-likeness (QED) is 0.384. The number of halogens is 2. The van der Waals surface area contributed by atoms with Crippen LogP contribution in [-0.2, 0) is 0 Å². The summed E-state index contributed by atoms with van der Waals surface area (Å²) in [4.78, 5) is 7.44. The molecule has 3 rings (SSSR count). The fourth-order valence-electron chi connectivity index (χ4n) is 2.90. The molecule has 1 saturated carbocycles. The average molecular weight is 335 g/mol. The van der Waals surface area contributed by atoms with Crippen LogP contribution in [0.1, 0.15) is 36.3 Å². The average Bonchev–Trinajstić information content (AvgIpc) is 2.92. The number of H-pyrrole nitrogens is 1. The van der Waals surface area contributed by atoms with E-state index in [1.807, 2.05) is 0 Å². The largest absolute Gasteiger partial charge is 1.00 e. The molecule has 0 spiro atoms. The predicted molar refractivity (Wildman–Crippen MR) is 78.7 cm³/mol. The number of nitrogens with two attached hydrogens (primary N) is 1. The zero-order chi connectivity index (χ0) is 15.0. The summed E-state index contributed by atoms with van der Waals surface area (Å²) in [7, 11) is 1.61. The number of hydrogen-bond donors (Lipinski definition) is 3. The van der Waals surface area contributed by atoms with E-state index in [4.69, 9.17) is 5.73 Å². The molecule has 0 amide bonds. The van der Waals surface area contributed by atoms with E-state index < -0.39 is 11.8 Å². The summed E-state index contributed by atoms with van der Waals surface area (Å²) >= 11 is 0. The molecule has 1 aromatic rings. The van der Waals surface area contributed by atoms with E-state index in [0.717, 1.165) is 25.9 Å². The van der Waals surface area contributed by atoms with Gasteiger partial charge in [0.2, 0.25) is 0 Å². The molecule has 5 nitrogen and oxygen atoms in total. The summed E-state index contributed by atoms with van der Waals surface area (Å²) in [6, 6.07) is 0.103. The maximum absolute atomic E-state index is 13.4. The number of aromatic nitrogens is 1. The molecule has 8 heteroatoms. The molecule has 4 N–H and O–H groups in total. The summed E-state index contributed by atoms with van der Waals surface area (Å²) in [6.45, 7) is 1.77. The van der Waals surface area contributed by atoms with Crippen molar-refractivity contribution in [2.75, 3.05) is 20.1 Å². The zero-order valence-electron chi connectivity index (χ0n) is 13.0. The van der Waals surface area contributed by atoms with E-state index in [2.05, 4.69) is 20.6 Å². The molecule has 2 heterocycles. The van der Waals surface area contributed by atoms with Crippen molar-refractivity contribution in [3.63, 3.8) is 0 Å². The predicted octanol–water partition coefficient (Wildman–Crippen LogP) is -0.766. The minimum atomic E-state index is -2.63. The van der Waals surface area contributed by atoms with Gasteiger partial charge in [0, 0.05) is 18.5 Å². The molecule has 2 aliphatic rings. The van der Waals surface area contributed by atoms with Crippen LogP contribution in [0.4, 0.5) is 14.6 Å². The van der Waals surface area contributed by atoms with Crippen LogP contribution in [0, 0.1) is 0 Å². The number of amidine groups is 1. The molecular weight excluding hydrogens is 315 g/mol. The van der Waals surface area contributed by atoms with E-state index in [9.17, 15) is 8.78 Å². The van der Waals surface area contributed by atoms with Gasteiger partial charge in [0.15, 0.2) is 0 Å². The van der Waals surface area contributed by atoms with Gasteiger partial charge in [-0.3, -0.25) is 4.99 Å². The van der Waals surface area contributed by atoms with Crippen LogP contribution in [0.25, 0.3) is 5.32 Å². The minimum absolute atomic E-state index is 0. The first-order valence-electron chi connectivity index (χ1n) is 7.26. The van der Waals surface area contributed by atoms with Crippen molar-refractivity contribution in [3.05, 3.63) is 22.6 Å². The third-order valence-corrected chi connectivity index (χ3v) is 4.16. The number of rotatable bonds is 4. The van der Waals surface area contributed by atoms with E-state index >= 15 is 0 Å². The normalized spacial score (nSPS) is 27.1. The number of alkyl halides is 2. The fourth-order valence-corrected chi connectivity index (χ4v) is 2.90. The van der Waals surface area contributed by atoms with Gasteiger partial charge in [0.25, 0.3) is 5.92 Å². The maximum Gasteiger partial charge on any atom is 1.00 e. The van der Waals surface area contributed by atoms with Gasteiger partial charge in [-0.2, -0.15) is 0 Å². The minimum Gasteiger partial charge on any atom is -0.468 e. The second kappa shape index (κ2) is 7.27. The fraction of sp³-hybridized carbons (Fsp3) is 0.643. The van der Waals surface area contributed by atoms with Crippen LogP contribution in [0.5, 0.6) is 0 Å². The van der Waals surface area contributed by atoms with E-state index in [1.165, 1.54) is 0 Å². The molecule has 2 fully saturated rings. The van der Waals surface area contributed by atoms with Crippen molar-refractivity contribution in [2.24, 2.45) is 10.7 Å². The standard InChI is InChI=1S/C14H20F2N5.K/c1-18-13-11(9(7-20-13)10-5-14(10,15)16)12(17)21-8-3-2-4-19-6-8;/h7-8,10,19-20H,2-6H2,1H3,(H2,17,21);/q-1;+1. The second-order valence-electron chi connectivity index (χ2n) is 5.72. The van der Waals surface area contributed by atoms with Crippen LogP contribution in [0.2, 0.25) is 0 Å². The van der Waals surface area contributed by atoms with Crippen molar-refractivity contribution in [1.82, 2.24) is 10.3 Å². The third kappa shape index (κ3) is 3.73. The van der Waals surface area contributed by atoms with E-state index in [-0.39, 0.29) is 63.8 Å². The Morgan fingerprint density at radius 2 is 2.23 bits per heavy atom. The van der Waals surface area contributed by atoms with Crippen molar-refractivity contribution in [3.8, 4) is 0 Å². The van der Waals surface area contributed by atoms with E-state index in [1.54, 1.807) is 13.2 Å². The summed E-state index contributed by atoms with van der Waals surface area (Å²) in [5.41, 5.74) is 7.18. The first kappa shape index (κ1) is 18.3. The van der Waals surface area contributed by atoms with Crippen molar-refractivity contribution >= 4 is 11.7 Å². The Balaban J connectivity index is 0.00000176. The molecule has 2 unspecified atom stereocenters. The van der Waals surface area contributed by atoms with Gasteiger partial charge in [-0.25, -0.2) is 8.78 Å². The second-order valence-corrected chi connectivity index (χ2v) is 5.72. The Kier molecular flexibility index (Phi) is 6.06. The van der Waals surface area contributed by atoms with Crippen molar-refractivity contribution in [2.45, 2.75) is 37.1 Å². The smallest absolute Gasteiger partial charge is 0.468 e. The molecule has 0 aromatic carbocycles. The Morgan fingerprint density at radius 1 is 1.50 bits per heavy atom. The molecule has 1 aromatic heterocycles. The summed E-state index contributed by atoms with van der Waals surface area (Å²) < 4.78 is 26.7. The Hall–Kier alpha value is 0.00636. The van der Waals surface area contributed by atoms with Gasteiger partial charge in [-0.05, 0) is 24.9 Å². The van der Waals surface area contributed by atoms with Crippen molar-refractivity contribution < 1.29 is 60.2 Å². The number of nitrogens with one attached hydrogen (secondary N) is 2. The van der Waals surface area contributed by atoms with Crippen molar-refractivity contribution in [1.29, 1.82) is 0 Å². The monoisotopic (exact) mass is 335 g/mol. The number of nitrogens with zero attached hydrogens (tertiary/aromatic N) is 2. The molecule has 1 aliphatic heterocycles. The molecule has 1 aliphatic carbocycles. The summed E-state index contributed by atoms with van der Waals surface area (Å²) in [5.74, 6) is -2.56. The Morgan fingerprint density at radius 3 is 2.77 bits per heavy atom. The van der Waals surface area contributed by atoms with Crippen LogP contribution in [0.15, 0.2) is 11.2 Å². The van der Waals surface area contributed by atoms with Gasteiger partial charge in [-0.1, -0.05) is 19.1 Å². The van der Waals surface area contributed by atoms with Crippen LogP contribution < -0.4 is 62.4 Å².